The lowest BCUT2D eigenvalue weighted by Crippen LogP contribution is -2.27. The second-order valence-corrected chi connectivity index (χ2v) is 3.64. The van der Waals surface area contributed by atoms with Crippen LogP contribution in [0.2, 0.25) is 0 Å². The molecule has 2 N–H and O–H groups in total. The molecule has 1 aromatic heterocycles. The van der Waals surface area contributed by atoms with Gasteiger partial charge in [0.1, 0.15) is 6.04 Å². The zero-order chi connectivity index (χ0) is 10.2. The molecule has 1 aliphatic carbocycles. The van der Waals surface area contributed by atoms with Crippen LogP contribution in [0.3, 0.4) is 0 Å². The number of rotatable bonds is 2. The van der Waals surface area contributed by atoms with E-state index in [-0.39, 0.29) is 13.0 Å². The molecule has 14 heavy (non-hydrogen) atoms. The molecule has 1 heterocycles. The molecule has 1 aromatic rings. The molecule has 1 atom stereocenters. The van der Waals surface area contributed by atoms with Crippen LogP contribution in [0.15, 0.2) is 12.3 Å². The van der Waals surface area contributed by atoms with Gasteiger partial charge in [0.15, 0.2) is 0 Å². The highest BCUT2D eigenvalue weighted by Crippen LogP contribution is 2.43. The molecule has 0 radical (unpaired) electrons. The molecule has 2 rings (SSSR count). The molecule has 3 nitrogen and oxygen atoms in total. The first-order valence-corrected chi connectivity index (χ1v) is 4.75. The van der Waals surface area contributed by atoms with E-state index in [0.717, 1.165) is 0 Å². The molecule has 0 bridgehead atoms. The van der Waals surface area contributed by atoms with Crippen molar-refractivity contribution in [2.45, 2.75) is 37.8 Å². The minimum Gasteiger partial charge on any atom is -0.325 e. The highest BCUT2D eigenvalue weighted by atomic mass is 19.3. The molecule has 0 saturated heterocycles. The van der Waals surface area contributed by atoms with Gasteiger partial charge in [0.2, 0.25) is 0 Å². The van der Waals surface area contributed by atoms with Gasteiger partial charge in [-0.2, -0.15) is 5.10 Å². The number of halogens is 2. The fourth-order valence-corrected chi connectivity index (χ4v) is 1.99. The number of aromatic nitrogens is 2. The summed E-state index contributed by atoms with van der Waals surface area (Å²) in [5.74, 6) is -2.63. The van der Waals surface area contributed by atoms with Crippen LogP contribution in [-0.2, 0) is 6.54 Å². The predicted molar refractivity (Wildman–Crippen MR) is 48.0 cm³/mol. The van der Waals surface area contributed by atoms with E-state index in [9.17, 15) is 8.78 Å². The SMILES string of the molecule is NCc1ccnn1C1CCCC1(F)F. The van der Waals surface area contributed by atoms with Gasteiger partial charge >= 0.3 is 0 Å². The second-order valence-electron chi connectivity index (χ2n) is 3.64. The summed E-state index contributed by atoms with van der Waals surface area (Å²) in [5, 5.41) is 3.92. The van der Waals surface area contributed by atoms with Crippen LogP contribution in [0.4, 0.5) is 8.78 Å². The van der Waals surface area contributed by atoms with Crippen LogP contribution in [0, 0.1) is 0 Å². The van der Waals surface area contributed by atoms with Crippen LogP contribution in [0.25, 0.3) is 0 Å². The Morgan fingerprint density at radius 3 is 3.00 bits per heavy atom. The molecule has 1 unspecified atom stereocenters. The minimum atomic E-state index is -2.63. The van der Waals surface area contributed by atoms with Crippen LogP contribution in [-0.4, -0.2) is 15.7 Å². The Morgan fingerprint density at radius 2 is 2.43 bits per heavy atom. The summed E-state index contributed by atoms with van der Waals surface area (Å²) >= 11 is 0. The lowest BCUT2D eigenvalue weighted by atomic mass is 10.2. The standard InChI is InChI=1S/C9H13F2N3/c10-9(11)4-1-2-8(9)14-7(6-12)3-5-13-14/h3,5,8H,1-2,4,6,12H2. The van der Waals surface area contributed by atoms with Crippen LogP contribution in [0.5, 0.6) is 0 Å². The average Bonchev–Trinajstić information content (AvgIpc) is 2.69. The van der Waals surface area contributed by atoms with Crippen molar-refractivity contribution in [1.29, 1.82) is 0 Å². The van der Waals surface area contributed by atoms with Gasteiger partial charge in [0.05, 0.1) is 5.69 Å². The van der Waals surface area contributed by atoms with Gasteiger partial charge in [-0.05, 0) is 18.9 Å². The van der Waals surface area contributed by atoms with E-state index in [1.807, 2.05) is 0 Å². The molecule has 1 aliphatic rings. The third kappa shape index (κ3) is 1.41. The molecule has 0 aromatic carbocycles. The van der Waals surface area contributed by atoms with Crippen molar-refractivity contribution >= 4 is 0 Å². The third-order valence-corrected chi connectivity index (χ3v) is 2.73. The summed E-state index contributed by atoms with van der Waals surface area (Å²) in [6.07, 6.45) is 2.53. The lowest BCUT2D eigenvalue weighted by molar-refractivity contribution is -0.0352. The summed E-state index contributed by atoms with van der Waals surface area (Å²) in [6.45, 7) is 0.257. The number of hydrogen-bond acceptors (Lipinski definition) is 2. The number of nitrogens with zero attached hydrogens (tertiary/aromatic N) is 2. The van der Waals surface area contributed by atoms with Gasteiger partial charge in [-0.1, -0.05) is 0 Å². The van der Waals surface area contributed by atoms with E-state index in [1.165, 1.54) is 10.9 Å². The maximum absolute atomic E-state index is 13.4. The van der Waals surface area contributed by atoms with Crippen LogP contribution in [0.1, 0.15) is 31.0 Å². The Balaban J connectivity index is 2.30. The molecule has 5 heteroatoms. The summed E-state index contributed by atoms with van der Waals surface area (Å²) in [6, 6.07) is 0.894. The molecule has 0 aliphatic heterocycles. The minimum absolute atomic E-state index is 0.0401. The van der Waals surface area contributed by atoms with Crippen molar-refractivity contribution < 1.29 is 8.78 Å². The third-order valence-electron chi connectivity index (χ3n) is 2.73. The highest BCUT2D eigenvalue weighted by molar-refractivity contribution is 5.04. The Hall–Kier alpha value is -0.970. The fourth-order valence-electron chi connectivity index (χ4n) is 1.99. The van der Waals surface area contributed by atoms with E-state index >= 15 is 0 Å². The van der Waals surface area contributed by atoms with E-state index in [4.69, 9.17) is 5.73 Å². The van der Waals surface area contributed by atoms with Crippen molar-refractivity contribution in [2.24, 2.45) is 5.73 Å². The summed E-state index contributed by atoms with van der Waals surface area (Å²) in [4.78, 5) is 0. The van der Waals surface area contributed by atoms with Gasteiger partial charge in [-0.25, -0.2) is 8.78 Å². The second kappa shape index (κ2) is 3.31. The van der Waals surface area contributed by atoms with Crippen molar-refractivity contribution in [3.05, 3.63) is 18.0 Å². The van der Waals surface area contributed by atoms with Crippen molar-refractivity contribution in [3.8, 4) is 0 Å². The number of nitrogens with two attached hydrogens (primary N) is 1. The first-order valence-electron chi connectivity index (χ1n) is 4.75. The Kier molecular flexibility index (Phi) is 2.26. The summed E-state index contributed by atoms with van der Waals surface area (Å²) in [5.41, 5.74) is 6.12. The molecule has 1 saturated carbocycles. The van der Waals surface area contributed by atoms with Gasteiger partial charge < -0.3 is 5.73 Å². The zero-order valence-corrected chi connectivity index (χ0v) is 7.79. The van der Waals surface area contributed by atoms with Gasteiger partial charge in [0, 0.05) is 19.2 Å². The Labute approximate surface area is 80.9 Å². The smallest absolute Gasteiger partial charge is 0.270 e. The first-order chi connectivity index (χ1) is 6.65. The van der Waals surface area contributed by atoms with Crippen molar-refractivity contribution in [1.82, 2.24) is 9.78 Å². The quantitative estimate of drug-likeness (QED) is 0.791. The Morgan fingerprint density at radius 1 is 1.64 bits per heavy atom. The number of hydrogen-bond donors (Lipinski definition) is 1. The predicted octanol–water partition coefficient (Wildman–Crippen LogP) is 1.70. The topological polar surface area (TPSA) is 43.8 Å². The van der Waals surface area contributed by atoms with Gasteiger partial charge in [-0.3, -0.25) is 4.68 Å². The van der Waals surface area contributed by atoms with Crippen LogP contribution >= 0.6 is 0 Å². The maximum atomic E-state index is 13.4. The molecular weight excluding hydrogens is 188 g/mol. The normalized spacial score (nSPS) is 25.5. The monoisotopic (exact) mass is 201 g/mol. The lowest BCUT2D eigenvalue weighted by Gasteiger charge is -2.21. The zero-order valence-electron chi connectivity index (χ0n) is 7.79. The van der Waals surface area contributed by atoms with Crippen molar-refractivity contribution in [3.63, 3.8) is 0 Å². The molecule has 1 fully saturated rings. The Bertz CT molecular complexity index is 322. The van der Waals surface area contributed by atoms with Gasteiger partial charge in [-0.15, -0.1) is 0 Å². The average molecular weight is 201 g/mol. The highest BCUT2D eigenvalue weighted by Gasteiger charge is 2.45. The van der Waals surface area contributed by atoms with Crippen molar-refractivity contribution in [2.75, 3.05) is 0 Å². The first kappa shape index (κ1) is 9.58. The molecular formula is C9H13F2N3. The number of alkyl halides is 2. The van der Waals surface area contributed by atoms with Gasteiger partial charge in [0.25, 0.3) is 5.92 Å². The molecule has 0 amide bonds. The maximum Gasteiger partial charge on any atom is 0.270 e. The summed E-state index contributed by atoms with van der Waals surface area (Å²) in [7, 11) is 0. The fraction of sp³-hybridized carbons (Fsp3) is 0.667. The van der Waals surface area contributed by atoms with E-state index in [1.54, 1.807) is 6.07 Å². The van der Waals surface area contributed by atoms with Crippen LogP contribution < -0.4 is 5.73 Å². The van der Waals surface area contributed by atoms with E-state index < -0.39 is 12.0 Å². The van der Waals surface area contributed by atoms with E-state index in [2.05, 4.69) is 5.10 Å². The summed E-state index contributed by atoms with van der Waals surface area (Å²) < 4.78 is 28.2. The van der Waals surface area contributed by atoms with E-state index in [0.29, 0.717) is 18.5 Å². The largest absolute Gasteiger partial charge is 0.325 e. The molecule has 0 spiro atoms. The molecule has 78 valence electrons.